The molecule has 1 N–H and O–H groups in total. The number of rotatable bonds is 9. The molecule has 0 aliphatic heterocycles. The largest absolute Gasteiger partial charge is 0.482 e. The lowest BCUT2D eigenvalue weighted by atomic mass is 10.2. The lowest BCUT2D eigenvalue weighted by molar-refractivity contribution is -0.149. The zero-order valence-electron chi connectivity index (χ0n) is 16.7. The first-order valence-corrected chi connectivity index (χ1v) is 9.33. The van der Waals surface area contributed by atoms with Crippen molar-refractivity contribution in [3.05, 3.63) is 54.1 Å². The Kier molecular flexibility index (Phi) is 8.08. The van der Waals surface area contributed by atoms with Gasteiger partial charge in [-0.25, -0.2) is 4.79 Å². The van der Waals surface area contributed by atoms with E-state index in [1.165, 1.54) is 12.1 Å². The van der Waals surface area contributed by atoms with Gasteiger partial charge in [0.15, 0.2) is 13.2 Å². The zero-order chi connectivity index (χ0) is 22.1. The van der Waals surface area contributed by atoms with Crippen LogP contribution < -0.4 is 15.0 Å². The Bertz CT molecular complexity index is 850. The SMILES string of the molecule is CCN(CC)c1ccc(NC(=O)COC(=O)COc2cccc(C(F)(F)F)c2)cc1. The van der Waals surface area contributed by atoms with E-state index in [2.05, 4.69) is 10.2 Å². The number of alkyl halides is 3. The van der Waals surface area contributed by atoms with Crippen molar-refractivity contribution in [2.24, 2.45) is 0 Å². The van der Waals surface area contributed by atoms with Gasteiger partial charge in [0, 0.05) is 24.5 Å². The fourth-order valence-corrected chi connectivity index (χ4v) is 2.63. The lowest BCUT2D eigenvalue weighted by Gasteiger charge is -2.21. The van der Waals surface area contributed by atoms with Crippen LogP contribution in [-0.4, -0.2) is 38.2 Å². The summed E-state index contributed by atoms with van der Waals surface area (Å²) in [6, 6.07) is 11.4. The van der Waals surface area contributed by atoms with Crippen molar-refractivity contribution in [2.45, 2.75) is 20.0 Å². The predicted octanol–water partition coefficient (Wildman–Crippen LogP) is 4.11. The van der Waals surface area contributed by atoms with Crippen molar-refractivity contribution in [1.82, 2.24) is 0 Å². The Morgan fingerprint density at radius 1 is 1.00 bits per heavy atom. The minimum Gasteiger partial charge on any atom is -0.482 e. The quantitative estimate of drug-likeness (QED) is 0.614. The van der Waals surface area contributed by atoms with Crippen molar-refractivity contribution in [3.8, 4) is 5.75 Å². The molecule has 0 aliphatic carbocycles. The van der Waals surface area contributed by atoms with Gasteiger partial charge in [-0.1, -0.05) is 6.07 Å². The van der Waals surface area contributed by atoms with Crippen LogP contribution in [0.25, 0.3) is 0 Å². The molecule has 0 atom stereocenters. The van der Waals surface area contributed by atoms with Crippen LogP contribution in [0.3, 0.4) is 0 Å². The number of anilines is 2. The van der Waals surface area contributed by atoms with Gasteiger partial charge in [0.1, 0.15) is 5.75 Å². The van der Waals surface area contributed by atoms with Crippen molar-refractivity contribution in [1.29, 1.82) is 0 Å². The minimum absolute atomic E-state index is 0.125. The Labute approximate surface area is 172 Å². The third-order valence-electron chi connectivity index (χ3n) is 4.16. The number of ether oxygens (including phenoxy) is 2. The first-order chi connectivity index (χ1) is 14.2. The van der Waals surface area contributed by atoms with E-state index in [1.807, 2.05) is 26.0 Å². The van der Waals surface area contributed by atoms with Gasteiger partial charge in [-0.3, -0.25) is 4.79 Å². The molecule has 0 saturated heterocycles. The second kappa shape index (κ2) is 10.5. The Morgan fingerprint density at radius 3 is 2.27 bits per heavy atom. The Balaban J connectivity index is 1.77. The summed E-state index contributed by atoms with van der Waals surface area (Å²) < 4.78 is 47.8. The molecule has 1 amide bonds. The van der Waals surface area contributed by atoms with Gasteiger partial charge in [-0.05, 0) is 56.3 Å². The summed E-state index contributed by atoms with van der Waals surface area (Å²) in [5, 5.41) is 2.60. The molecule has 0 aliphatic rings. The van der Waals surface area contributed by atoms with E-state index in [1.54, 1.807) is 12.1 Å². The van der Waals surface area contributed by atoms with Crippen LogP contribution in [0.4, 0.5) is 24.5 Å². The highest BCUT2D eigenvalue weighted by Crippen LogP contribution is 2.31. The van der Waals surface area contributed by atoms with Crippen LogP contribution in [0, 0.1) is 0 Å². The zero-order valence-corrected chi connectivity index (χ0v) is 16.7. The summed E-state index contributed by atoms with van der Waals surface area (Å²) in [6.45, 7) is 4.66. The second-order valence-electron chi connectivity index (χ2n) is 6.24. The number of esters is 1. The van der Waals surface area contributed by atoms with Crippen molar-refractivity contribution in [2.75, 3.05) is 36.5 Å². The van der Waals surface area contributed by atoms with Crippen LogP contribution in [0.15, 0.2) is 48.5 Å². The molecule has 0 heterocycles. The number of benzene rings is 2. The molecule has 162 valence electrons. The van der Waals surface area contributed by atoms with Crippen LogP contribution >= 0.6 is 0 Å². The molecule has 0 aromatic heterocycles. The monoisotopic (exact) mass is 424 g/mol. The van der Waals surface area contributed by atoms with Crippen molar-refractivity contribution in [3.63, 3.8) is 0 Å². The molecule has 2 rings (SSSR count). The number of carbonyl (C=O) groups is 2. The van der Waals surface area contributed by atoms with Crippen molar-refractivity contribution >= 4 is 23.3 Å². The number of nitrogens with one attached hydrogen (secondary N) is 1. The number of hydrogen-bond acceptors (Lipinski definition) is 5. The van der Waals surface area contributed by atoms with E-state index in [4.69, 9.17) is 9.47 Å². The standard InChI is InChI=1S/C21H23F3N2O4/c1-3-26(4-2)17-10-8-16(9-11-17)25-19(27)13-30-20(28)14-29-18-7-5-6-15(12-18)21(22,23)24/h5-12H,3-4,13-14H2,1-2H3,(H,25,27). The molecule has 0 bridgehead atoms. The second-order valence-corrected chi connectivity index (χ2v) is 6.24. The maximum absolute atomic E-state index is 12.7. The fraction of sp³-hybridized carbons (Fsp3) is 0.333. The maximum atomic E-state index is 12.7. The topological polar surface area (TPSA) is 67.9 Å². The summed E-state index contributed by atoms with van der Waals surface area (Å²) >= 11 is 0. The average molecular weight is 424 g/mol. The van der Waals surface area contributed by atoms with Crippen LogP contribution in [0.2, 0.25) is 0 Å². The summed E-state index contributed by atoms with van der Waals surface area (Å²) in [6.07, 6.45) is -4.51. The number of amides is 1. The summed E-state index contributed by atoms with van der Waals surface area (Å²) in [5.74, 6) is -1.54. The van der Waals surface area contributed by atoms with Gasteiger partial charge in [-0.2, -0.15) is 13.2 Å². The average Bonchev–Trinajstić information content (AvgIpc) is 2.72. The maximum Gasteiger partial charge on any atom is 0.416 e. The minimum atomic E-state index is -4.51. The van der Waals surface area contributed by atoms with E-state index < -0.39 is 36.8 Å². The smallest absolute Gasteiger partial charge is 0.416 e. The third-order valence-corrected chi connectivity index (χ3v) is 4.16. The van der Waals surface area contributed by atoms with Gasteiger partial charge in [-0.15, -0.1) is 0 Å². The summed E-state index contributed by atoms with van der Waals surface area (Å²) in [4.78, 5) is 25.7. The van der Waals surface area contributed by atoms with Gasteiger partial charge >= 0.3 is 12.1 Å². The van der Waals surface area contributed by atoms with E-state index in [9.17, 15) is 22.8 Å². The predicted molar refractivity (Wildman–Crippen MR) is 107 cm³/mol. The van der Waals surface area contributed by atoms with Crippen LogP contribution in [0.5, 0.6) is 5.75 Å². The molecular formula is C21H23F3N2O4. The first-order valence-electron chi connectivity index (χ1n) is 9.33. The van der Waals surface area contributed by atoms with Gasteiger partial charge in [0.2, 0.25) is 0 Å². The molecule has 0 radical (unpaired) electrons. The van der Waals surface area contributed by atoms with E-state index in [0.29, 0.717) is 5.69 Å². The van der Waals surface area contributed by atoms with Crippen LogP contribution in [0.1, 0.15) is 19.4 Å². The number of halogens is 3. The highest BCUT2D eigenvalue weighted by Gasteiger charge is 2.30. The van der Waals surface area contributed by atoms with Gasteiger partial charge in [0.25, 0.3) is 5.91 Å². The third kappa shape index (κ3) is 6.98. The molecule has 2 aromatic rings. The van der Waals surface area contributed by atoms with E-state index in [-0.39, 0.29) is 5.75 Å². The van der Waals surface area contributed by atoms with Crippen LogP contribution in [-0.2, 0) is 20.5 Å². The molecule has 30 heavy (non-hydrogen) atoms. The molecule has 0 saturated carbocycles. The Hall–Kier alpha value is -3.23. The normalized spacial score (nSPS) is 11.0. The number of hydrogen-bond donors (Lipinski definition) is 1. The molecule has 0 unspecified atom stereocenters. The number of nitrogens with zero attached hydrogens (tertiary/aromatic N) is 1. The molecular weight excluding hydrogens is 401 g/mol. The highest BCUT2D eigenvalue weighted by atomic mass is 19.4. The number of carbonyl (C=O) groups excluding carboxylic acids is 2. The molecule has 9 heteroatoms. The summed E-state index contributed by atoms with van der Waals surface area (Å²) in [5.41, 5.74) is 0.683. The lowest BCUT2D eigenvalue weighted by Crippen LogP contribution is -2.24. The Morgan fingerprint density at radius 2 is 1.67 bits per heavy atom. The van der Waals surface area contributed by atoms with E-state index in [0.717, 1.165) is 30.9 Å². The highest BCUT2D eigenvalue weighted by molar-refractivity contribution is 5.93. The summed E-state index contributed by atoms with van der Waals surface area (Å²) in [7, 11) is 0. The van der Waals surface area contributed by atoms with Gasteiger partial charge in [0.05, 0.1) is 5.56 Å². The fourth-order valence-electron chi connectivity index (χ4n) is 2.63. The van der Waals surface area contributed by atoms with Crippen molar-refractivity contribution < 1.29 is 32.2 Å². The molecule has 0 spiro atoms. The van der Waals surface area contributed by atoms with Gasteiger partial charge < -0.3 is 19.7 Å². The molecule has 2 aromatic carbocycles. The van der Waals surface area contributed by atoms with E-state index >= 15 is 0 Å². The molecule has 0 fully saturated rings. The molecule has 6 nitrogen and oxygen atoms in total. The first kappa shape index (κ1) is 23.1.